The molecule has 2 N–H and O–H groups in total. The van der Waals surface area contributed by atoms with Crippen molar-refractivity contribution < 1.29 is 24.5 Å². The van der Waals surface area contributed by atoms with Crippen LogP contribution < -0.4 is 4.74 Å². The Morgan fingerprint density at radius 2 is 2.00 bits per heavy atom. The minimum atomic E-state index is -0.907. The highest BCUT2D eigenvalue weighted by atomic mass is 16.5. The van der Waals surface area contributed by atoms with Gasteiger partial charge in [-0.3, -0.25) is 9.69 Å². The van der Waals surface area contributed by atoms with Gasteiger partial charge in [-0.1, -0.05) is 6.07 Å². The zero-order chi connectivity index (χ0) is 18.9. The number of piperidine rings is 1. The highest BCUT2D eigenvalue weighted by molar-refractivity contribution is 5.83. The zero-order valence-electron chi connectivity index (χ0n) is 15.3. The molecule has 0 radical (unpaired) electrons. The van der Waals surface area contributed by atoms with E-state index in [1.807, 2.05) is 12.1 Å². The topological polar surface area (TPSA) is 90.3 Å². The lowest BCUT2D eigenvalue weighted by atomic mass is 9.76. The van der Waals surface area contributed by atoms with Crippen LogP contribution in [0.3, 0.4) is 0 Å². The van der Waals surface area contributed by atoms with Crippen molar-refractivity contribution in [3.05, 3.63) is 23.8 Å². The molecule has 26 heavy (non-hydrogen) atoms. The van der Waals surface area contributed by atoms with Gasteiger partial charge in [0.1, 0.15) is 6.04 Å². The van der Waals surface area contributed by atoms with Crippen LogP contribution in [0.5, 0.6) is 11.5 Å². The average molecular weight is 362 g/mol. The second kappa shape index (κ2) is 7.15. The van der Waals surface area contributed by atoms with Crippen LogP contribution in [0.25, 0.3) is 0 Å². The first-order valence-corrected chi connectivity index (χ1v) is 8.92. The van der Waals surface area contributed by atoms with Crippen LogP contribution in [0.4, 0.5) is 0 Å². The van der Waals surface area contributed by atoms with Gasteiger partial charge in [0, 0.05) is 20.0 Å². The van der Waals surface area contributed by atoms with Crippen LogP contribution in [-0.4, -0.2) is 64.7 Å². The third kappa shape index (κ3) is 3.62. The van der Waals surface area contributed by atoms with Crippen LogP contribution in [-0.2, 0) is 16.1 Å². The number of carboxylic acid groups (broad SMARTS) is 1. The Balaban J connectivity index is 1.62. The van der Waals surface area contributed by atoms with Gasteiger partial charge >= 0.3 is 5.97 Å². The van der Waals surface area contributed by atoms with E-state index in [2.05, 4.69) is 4.90 Å². The summed E-state index contributed by atoms with van der Waals surface area (Å²) in [6.07, 6.45) is 2.31. The molecule has 0 aliphatic carbocycles. The summed E-state index contributed by atoms with van der Waals surface area (Å²) in [6.45, 7) is 4.47. The highest BCUT2D eigenvalue weighted by Crippen LogP contribution is 2.43. The summed E-state index contributed by atoms with van der Waals surface area (Å²) < 4.78 is 5.16. The number of phenolic OH excluding ortho intramolecular Hbond substituents is 1. The maximum absolute atomic E-state index is 11.8. The molecule has 2 aliphatic heterocycles. The number of hydrogen-bond acceptors (Lipinski definition) is 5. The molecule has 1 spiro atoms. The highest BCUT2D eigenvalue weighted by Gasteiger charge is 2.48. The Hall–Kier alpha value is -2.28. The summed E-state index contributed by atoms with van der Waals surface area (Å²) in [6, 6.07) is 4.67. The van der Waals surface area contributed by atoms with E-state index in [9.17, 15) is 19.8 Å². The van der Waals surface area contributed by atoms with E-state index < -0.39 is 12.0 Å². The number of phenols is 1. The standard InChI is InChI=1S/C19H26N2O5/c1-13(22)21-12-19(10-15(21)18(24)25)5-7-20(8-6-19)11-14-3-4-16(23)17(9-14)26-2/h3-4,9,15,23H,5-8,10-12H2,1-2H3,(H,24,25)/t15-/m0/s1. The number of nitrogens with zero attached hydrogens (tertiary/aromatic N) is 2. The van der Waals surface area contributed by atoms with Crippen molar-refractivity contribution in [2.24, 2.45) is 5.41 Å². The molecule has 3 rings (SSSR count). The molecule has 1 atom stereocenters. The number of aromatic hydroxyl groups is 1. The van der Waals surface area contributed by atoms with Crippen molar-refractivity contribution in [1.82, 2.24) is 9.80 Å². The van der Waals surface area contributed by atoms with Gasteiger partial charge < -0.3 is 19.8 Å². The third-order valence-electron chi connectivity index (χ3n) is 5.76. The molecule has 2 fully saturated rings. The third-order valence-corrected chi connectivity index (χ3v) is 5.76. The maximum atomic E-state index is 11.8. The second-order valence-electron chi connectivity index (χ2n) is 7.49. The fourth-order valence-electron chi connectivity index (χ4n) is 4.23. The second-order valence-corrected chi connectivity index (χ2v) is 7.49. The van der Waals surface area contributed by atoms with Gasteiger partial charge in [-0.2, -0.15) is 0 Å². The number of aliphatic carboxylic acids is 1. The lowest BCUT2D eigenvalue weighted by molar-refractivity contribution is -0.147. The minimum absolute atomic E-state index is 0.0854. The number of hydrogen-bond donors (Lipinski definition) is 2. The minimum Gasteiger partial charge on any atom is -0.504 e. The van der Waals surface area contributed by atoms with Crippen molar-refractivity contribution in [3.63, 3.8) is 0 Å². The van der Waals surface area contributed by atoms with Crippen molar-refractivity contribution in [2.45, 2.75) is 38.8 Å². The van der Waals surface area contributed by atoms with Crippen LogP contribution in [0, 0.1) is 5.41 Å². The van der Waals surface area contributed by atoms with Crippen LogP contribution >= 0.6 is 0 Å². The van der Waals surface area contributed by atoms with Gasteiger partial charge in [-0.25, -0.2) is 4.79 Å². The molecule has 0 bridgehead atoms. The first-order valence-electron chi connectivity index (χ1n) is 8.92. The fourth-order valence-corrected chi connectivity index (χ4v) is 4.23. The number of likely N-dealkylation sites (tertiary alicyclic amines) is 2. The van der Waals surface area contributed by atoms with E-state index in [0.29, 0.717) is 18.7 Å². The molecule has 2 heterocycles. The number of amides is 1. The Kier molecular flexibility index (Phi) is 5.09. The summed E-state index contributed by atoms with van der Waals surface area (Å²) in [5.41, 5.74) is 0.980. The number of carboxylic acids is 1. The number of rotatable bonds is 4. The smallest absolute Gasteiger partial charge is 0.326 e. The summed E-state index contributed by atoms with van der Waals surface area (Å²) in [5, 5.41) is 19.1. The van der Waals surface area contributed by atoms with Gasteiger partial charge in [0.25, 0.3) is 0 Å². The summed E-state index contributed by atoms with van der Waals surface area (Å²) in [4.78, 5) is 27.1. The maximum Gasteiger partial charge on any atom is 0.326 e. The largest absolute Gasteiger partial charge is 0.504 e. The molecular weight excluding hydrogens is 336 g/mol. The van der Waals surface area contributed by atoms with E-state index in [-0.39, 0.29) is 17.1 Å². The Morgan fingerprint density at radius 3 is 2.54 bits per heavy atom. The van der Waals surface area contributed by atoms with E-state index in [0.717, 1.165) is 38.0 Å². The molecule has 142 valence electrons. The zero-order valence-corrected chi connectivity index (χ0v) is 15.3. The van der Waals surface area contributed by atoms with E-state index >= 15 is 0 Å². The monoisotopic (exact) mass is 362 g/mol. The summed E-state index contributed by atoms with van der Waals surface area (Å²) >= 11 is 0. The number of carbonyl (C=O) groups is 2. The van der Waals surface area contributed by atoms with Crippen molar-refractivity contribution in [1.29, 1.82) is 0 Å². The van der Waals surface area contributed by atoms with Gasteiger partial charge in [0.2, 0.25) is 5.91 Å². The van der Waals surface area contributed by atoms with Crippen LogP contribution in [0.2, 0.25) is 0 Å². The van der Waals surface area contributed by atoms with E-state index in [1.165, 1.54) is 18.9 Å². The van der Waals surface area contributed by atoms with Crippen molar-refractivity contribution in [3.8, 4) is 11.5 Å². The first-order chi connectivity index (χ1) is 12.3. The molecule has 7 heteroatoms. The molecule has 0 saturated carbocycles. The Morgan fingerprint density at radius 1 is 1.31 bits per heavy atom. The van der Waals surface area contributed by atoms with Crippen molar-refractivity contribution >= 4 is 11.9 Å². The average Bonchev–Trinajstić information content (AvgIpc) is 2.99. The quantitative estimate of drug-likeness (QED) is 0.847. The van der Waals surface area contributed by atoms with E-state index in [4.69, 9.17) is 4.74 Å². The molecule has 1 amide bonds. The lowest BCUT2D eigenvalue weighted by Crippen LogP contribution is -2.42. The van der Waals surface area contributed by atoms with Crippen LogP contribution in [0.15, 0.2) is 18.2 Å². The van der Waals surface area contributed by atoms with Gasteiger partial charge in [-0.05, 0) is 55.5 Å². The molecule has 0 unspecified atom stereocenters. The predicted molar refractivity (Wildman–Crippen MR) is 95.0 cm³/mol. The number of ether oxygens (including phenoxy) is 1. The number of carbonyl (C=O) groups excluding carboxylic acids is 1. The molecule has 1 aromatic carbocycles. The molecule has 7 nitrogen and oxygen atoms in total. The van der Waals surface area contributed by atoms with Gasteiger partial charge in [0.05, 0.1) is 7.11 Å². The lowest BCUT2D eigenvalue weighted by Gasteiger charge is -2.39. The van der Waals surface area contributed by atoms with Crippen molar-refractivity contribution in [2.75, 3.05) is 26.7 Å². The normalized spacial score (nSPS) is 22.5. The van der Waals surface area contributed by atoms with Gasteiger partial charge in [-0.15, -0.1) is 0 Å². The van der Waals surface area contributed by atoms with E-state index in [1.54, 1.807) is 6.07 Å². The number of methoxy groups -OCH3 is 1. The molecule has 2 aliphatic rings. The molecule has 2 saturated heterocycles. The van der Waals surface area contributed by atoms with Gasteiger partial charge in [0.15, 0.2) is 11.5 Å². The van der Waals surface area contributed by atoms with Crippen LogP contribution in [0.1, 0.15) is 31.7 Å². The molecule has 0 aromatic heterocycles. The first kappa shape index (κ1) is 18.5. The number of benzene rings is 1. The summed E-state index contributed by atoms with van der Waals surface area (Å²) in [7, 11) is 1.53. The molecular formula is C19H26N2O5. The fraction of sp³-hybridized carbons (Fsp3) is 0.579. The Labute approximate surface area is 153 Å². The Bertz CT molecular complexity index is 673. The molecule has 1 aromatic rings. The summed E-state index contributed by atoms with van der Waals surface area (Å²) in [5.74, 6) is -0.472. The SMILES string of the molecule is COc1cc(CN2CCC3(CC2)C[C@@H](C(=O)O)N(C(C)=O)C3)ccc1O. The predicted octanol–water partition coefficient (Wildman–Crippen LogP) is 1.69.